The van der Waals surface area contributed by atoms with Gasteiger partial charge < -0.3 is 19.4 Å². The molecule has 1 aliphatic rings. The number of aromatic nitrogens is 2. The summed E-state index contributed by atoms with van der Waals surface area (Å²) in [4.78, 5) is 32.1. The number of pyridine rings is 1. The zero-order chi connectivity index (χ0) is 23.8. The minimum Gasteiger partial charge on any atom is -0.497 e. The minimum atomic E-state index is -0.421. The molecular weight excluding hydrogens is 428 g/mol. The largest absolute Gasteiger partial charge is 0.497 e. The van der Waals surface area contributed by atoms with Gasteiger partial charge in [-0.05, 0) is 67.4 Å². The molecule has 2 aromatic heterocycles. The average Bonchev–Trinajstić information content (AvgIpc) is 3.44. The molecule has 0 radical (unpaired) electrons. The first-order chi connectivity index (χ1) is 16.4. The summed E-state index contributed by atoms with van der Waals surface area (Å²) < 4.78 is 7.17. The SMILES string of the molecule is COc1ccc(N2C[C@@H](C(=O)Nc3cc(-c4cn5ccc(C)cc5n4)ccc3C)CC2=O)cc1. The Morgan fingerprint density at radius 3 is 2.65 bits per heavy atom. The van der Waals surface area contributed by atoms with Gasteiger partial charge in [0.2, 0.25) is 11.8 Å². The number of methoxy groups -OCH3 is 1. The van der Waals surface area contributed by atoms with E-state index in [9.17, 15) is 9.59 Å². The van der Waals surface area contributed by atoms with Crippen molar-refractivity contribution in [1.29, 1.82) is 0 Å². The zero-order valence-corrected chi connectivity index (χ0v) is 19.4. The van der Waals surface area contributed by atoms with E-state index in [2.05, 4.69) is 5.32 Å². The van der Waals surface area contributed by atoms with Gasteiger partial charge in [0, 0.05) is 42.3 Å². The molecule has 0 saturated carbocycles. The van der Waals surface area contributed by atoms with Crippen LogP contribution in [0.4, 0.5) is 11.4 Å². The van der Waals surface area contributed by atoms with Crippen LogP contribution in [0.2, 0.25) is 0 Å². The Hall–Kier alpha value is -4.13. The number of amides is 2. The smallest absolute Gasteiger partial charge is 0.229 e. The molecule has 1 fully saturated rings. The highest BCUT2D eigenvalue weighted by atomic mass is 16.5. The summed E-state index contributed by atoms with van der Waals surface area (Å²) in [6.45, 7) is 4.34. The monoisotopic (exact) mass is 454 g/mol. The Morgan fingerprint density at radius 2 is 1.88 bits per heavy atom. The maximum atomic E-state index is 13.1. The highest BCUT2D eigenvalue weighted by Gasteiger charge is 2.35. The van der Waals surface area contributed by atoms with Crippen LogP contribution >= 0.6 is 0 Å². The van der Waals surface area contributed by atoms with Crippen LogP contribution in [0.1, 0.15) is 17.5 Å². The van der Waals surface area contributed by atoms with Gasteiger partial charge in [-0.3, -0.25) is 9.59 Å². The van der Waals surface area contributed by atoms with E-state index < -0.39 is 5.92 Å². The Bertz CT molecular complexity index is 1390. The topological polar surface area (TPSA) is 75.9 Å². The molecule has 0 bridgehead atoms. The van der Waals surface area contributed by atoms with Gasteiger partial charge in [-0.2, -0.15) is 0 Å². The quantitative estimate of drug-likeness (QED) is 0.478. The van der Waals surface area contributed by atoms with E-state index in [0.29, 0.717) is 6.54 Å². The predicted molar refractivity (Wildman–Crippen MR) is 132 cm³/mol. The molecule has 0 spiro atoms. The van der Waals surface area contributed by atoms with Crippen LogP contribution in [0, 0.1) is 19.8 Å². The molecule has 7 nitrogen and oxygen atoms in total. The Labute approximate surface area is 198 Å². The van der Waals surface area contributed by atoms with Crippen molar-refractivity contribution in [2.24, 2.45) is 5.92 Å². The summed E-state index contributed by atoms with van der Waals surface area (Å²) in [5.41, 5.74) is 6.23. The number of benzene rings is 2. The molecule has 1 atom stereocenters. The summed E-state index contributed by atoms with van der Waals surface area (Å²) in [6, 6.07) is 17.3. The second kappa shape index (κ2) is 8.67. The molecule has 1 saturated heterocycles. The van der Waals surface area contributed by atoms with Gasteiger partial charge in [-0.15, -0.1) is 0 Å². The van der Waals surface area contributed by atoms with Crippen molar-refractivity contribution in [2.75, 3.05) is 23.9 Å². The van der Waals surface area contributed by atoms with Gasteiger partial charge in [-0.1, -0.05) is 12.1 Å². The van der Waals surface area contributed by atoms with Gasteiger partial charge in [0.25, 0.3) is 0 Å². The molecule has 7 heteroatoms. The lowest BCUT2D eigenvalue weighted by Gasteiger charge is -2.17. The van der Waals surface area contributed by atoms with Crippen molar-refractivity contribution >= 4 is 28.8 Å². The van der Waals surface area contributed by atoms with Crippen LogP contribution in [0.5, 0.6) is 5.75 Å². The van der Waals surface area contributed by atoms with Crippen LogP contribution < -0.4 is 15.0 Å². The van der Waals surface area contributed by atoms with Crippen molar-refractivity contribution in [3.05, 3.63) is 78.1 Å². The number of hydrogen-bond acceptors (Lipinski definition) is 4. The van der Waals surface area contributed by atoms with E-state index in [4.69, 9.17) is 9.72 Å². The van der Waals surface area contributed by atoms with Gasteiger partial charge >= 0.3 is 0 Å². The highest BCUT2D eigenvalue weighted by molar-refractivity contribution is 6.04. The second-order valence-electron chi connectivity index (χ2n) is 8.72. The van der Waals surface area contributed by atoms with Crippen molar-refractivity contribution in [3.8, 4) is 17.0 Å². The van der Waals surface area contributed by atoms with Crippen LogP contribution in [-0.2, 0) is 9.59 Å². The van der Waals surface area contributed by atoms with E-state index in [-0.39, 0.29) is 18.2 Å². The number of fused-ring (bicyclic) bond motifs is 1. The normalized spacial score (nSPS) is 15.7. The summed E-state index contributed by atoms with van der Waals surface area (Å²) in [5.74, 6) is 0.0858. The number of anilines is 2. The fraction of sp³-hybridized carbons (Fsp3) is 0.222. The van der Waals surface area contributed by atoms with Crippen LogP contribution in [-0.4, -0.2) is 34.9 Å². The summed E-state index contributed by atoms with van der Waals surface area (Å²) >= 11 is 0. The molecule has 172 valence electrons. The molecule has 1 N–H and O–H groups in total. The number of nitrogens with one attached hydrogen (secondary N) is 1. The van der Waals surface area contributed by atoms with Gasteiger partial charge in [0.15, 0.2) is 0 Å². The van der Waals surface area contributed by atoms with Crippen molar-refractivity contribution in [2.45, 2.75) is 20.3 Å². The lowest BCUT2D eigenvalue weighted by Crippen LogP contribution is -2.28. The maximum Gasteiger partial charge on any atom is 0.229 e. The van der Waals surface area contributed by atoms with E-state index in [1.807, 2.05) is 85.2 Å². The molecule has 1 aliphatic heterocycles. The van der Waals surface area contributed by atoms with E-state index >= 15 is 0 Å². The minimum absolute atomic E-state index is 0.0595. The highest BCUT2D eigenvalue weighted by Crippen LogP contribution is 2.29. The average molecular weight is 455 g/mol. The third-order valence-electron chi connectivity index (χ3n) is 6.29. The first-order valence-corrected chi connectivity index (χ1v) is 11.2. The third kappa shape index (κ3) is 4.12. The molecule has 3 heterocycles. The molecule has 2 aromatic carbocycles. The standard InChI is InChI=1S/C27H26N4O3/c1-17-10-11-30-16-24(28-25(30)12-17)19-5-4-18(2)23(13-19)29-27(33)20-14-26(32)31(15-20)21-6-8-22(34-3)9-7-21/h4-13,16,20H,14-15H2,1-3H3,(H,29,33)/t20-/m0/s1. The van der Waals surface area contributed by atoms with Crippen LogP contribution in [0.3, 0.4) is 0 Å². The van der Waals surface area contributed by atoms with Crippen LogP contribution in [0.25, 0.3) is 16.9 Å². The van der Waals surface area contributed by atoms with Gasteiger partial charge in [0.05, 0.1) is 18.7 Å². The lowest BCUT2D eigenvalue weighted by molar-refractivity contribution is -0.122. The number of nitrogens with zero attached hydrogens (tertiary/aromatic N) is 3. The van der Waals surface area contributed by atoms with Crippen molar-refractivity contribution in [1.82, 2.24) is 9.38 Å². The number of carbonyl (C=O) groups is 2. The van der Waals surface area contributed by atoms with Gasteiger partial charge in [-0.25, -0.2) is 4.98 Å². The zero-order valence-electron chi connectivity index (χ0n) is 19.4. The maximum absolute atomic E-state index is 13.1. The van der Waals surface area contributed by atoms with E-state index in [0.717, 1.165) is 45.2 Å². The number of carbonyl (C=O) groups excluding carboxylic acids is 2. The summed E-state index contributed by atoms with van der Waals surface area (Å²) in [6.07, 6.45) is 4.15. The molecule has 2 amide bonds. The first kappa shape index (κ1) is 21.7. The van der Waals surface area contributed by atoms with Crippen molar-refractivity contribution in [3.63, 3.8) is 0 Å². The number of imidazole rings is 1. The molecule has 5 rings (SSSR count). The number of hydrogen-bond donors (Lipinski definition) is 1. The number of rotatable bonds is 5. The fourth-order valence-corrected chi connectivity index (χ4v) is 4.27. The summed E-state index contributed by atoms with van der Waals surface area (Å²) in [7, 11) is 1.60. The third-order valence-corrected chi connectivity index (χ3v) is 6.29. The van der Waals surface area contributed by atoms with Crippen molar-refractivity contribution < 1.29 is 14.3 Å². The Morgan fingerprint density at radius 1 is 1.09 bits per heavy atom. The Kier molecular flexibility index (Phi) is 5.53. The van der Waals surface area contributed by atoms with E-state index in [1.54, 1.807) is 12.0 Å². The molecule has 4 aromatic rings. The first-order valence-electron chi connectivity index (χ1n) is 11.2. The second-order valence-corrected chi connectivity index (χ2v) is 8.72. The fourth-order valence-electron chi connectivity index (χ4n) is 4.27. The predicted octanol–water partition coefficient (Wildman–Crippen LogP) is 4.62. The lowest BCUT2D eigenvalue weighted by atomic mass is 10.1. The molecular formula is C27H26N4O3. The molecule has 0 aliphatic carbocycles. The molecule has 0 unspecified atom stereocenters. The Balaban J connectivity index is 1.33. The molecule has 34 heavy (non-hydrogen) atoms. The number of aryl methyl sites for hydroxylation is 2. The van der Waals surface area contributed by atoms with Crippen LogP contribution in [0.15, 0.2) is 67.0 Å². The van der Waals surface area contributed by atoms with Gasteiger partial charge in [0.1, 0.15) is 11.4 Å². The summed E-state index contributed by atoms with van der Waals surface area (Å²) in [5, 5.41) is 3.04. The number of ether oxygens (including phenoxy) is 1. The van der Waals surface area contributed by atoms with E-state index in [1.165, 1.54) is 0 Å².